The zero-order valence-corrected chi connectivity index (χ0v) is 27.0. The maximum Gasteiger partial charge on any atom is 0.327 e. The van der Waals surface area contributed by atoms with E-state index in [1.807, 2.05) is 24.3 Å². The number of hydroxylamine groups is 2. The maximum absolute atomic E-state index is 14.0. The summed E-state index contributed by atoms with van der Waals surface area (Å²) in [5, 5.41) is 13.9. The van der Waals surface area contributed by atoms with Gasteiger partial charge in [-0.25, -0.2) is 0 Å². The van der Waals surface area contributed by atoms with Crippen LogP contribution in [-0.2, 0) is 40.0 Å². The number of carbonyl (C=O) groups is 3. The number of benzene rings is 1. The Morgan fingerprint density at radius 3 is 2.33 bits per heavy atom. The van der Waals surface area contributed by atoms with Crippen molar-refractivity contribution in [3.63, 3.8) is 0 Å². The highest BCUT2D eigenvalue weighted by molar-refractivity contribution is 5.93. The highest BCUT2D eigenvalue weighted by Gasteiger charge is 2.76. The van der Waals surface area contributed by atoms with Crippen molar-refractivity contribution in [3.8, 4) is 0 Å². The summed E-state index contributed by atoms with van der Waals surface area (Å²) in [4.78, 5) is 47.8. The number of esters is 1. The van der Waals surface area contributed by atoms with Gasteiger partial charge in [0.05, 0.1) is 13.2 Å². The van der Waals surface area contributed by atoms with E-state index >= 15 is 0 Å². The molecule has 1 saturated carbocycles. The molecule has 0 radical (unpaired) electrons. The Balaban J connectivity index is 1.44. The van der Waals surface area contributed by atoms with E-state index in [2.05, 4.69) is 19.2 Å². The number of aliphatic hydroxyl groups excluding tert-OH is 1. The van der Waals surface area contributed by atoms with Gasteiger partial charge in [-0.15, -0.1) is 0 Å². The van der Waals surface area contributed by atoms with Crippen LogP contribution in [0.3, 0.4) is 0 Å². The molecule has 3 saturated heterocycles. The van der Waals surface area contributed by atoms with Crippen molar-refractivity contribution in [2.24, 2.45) is 5.41 Å². The number of ether oxygens (including phenoxy) is 3. The highest BCUT2D eigenvalue weighted by Crippen LogP contribution is 2.58. The Bertz CT molecular complexity index is 1230. The lowest BCUT2D eigenvalue weighted by Gasteiger charge is -2.48. The number of nitrogens with zero attached hydrogens (tertiary/aromatic N) is 2. The van der Waals surface area contributed by atoms with Crippen LogP contribution < -0.4 is 5.32 Å². The lowest BCUT2D eigenvalue weighted by Crippen LogP contribution is -2.69. The molecule has 11 nitrogen and oxygen atoms in total. The van der Waals surface area contributed by atoms with Gasteiger partial charge in [-0.2, -0.15) is 5.06 Å². The second kappa shape index (κ2) is 14.3. The van der Waals surface area contributed by atoms with Gasteiger partial charge in [-0.3, -0.25) is 19.2 Å². The molecule has 2 amide bonds. The molecule has 6 atom stereocenters. The van der Waals surface area contributed by atoms with Gasteiger partial charge in [0.2, 0.25) is 11.8 Å². The molecule has 1 aromatic carbocycles. The van der Waals surface area contributed by atoms with Gasteiger partial charge < -0.3 is 29.5 Å². The molecule has 5 rings (SSSR count). The zero-order valence-electron chi connectivity index (χ0n) is 27.0. The maximum atomic E-state index is 14.0. The van der Waals surface area contributed by atoms with Crippen LogP contribution in [0, 0.1) is 5.41 Å². The number of nitrogens with one attached hydrogen (secondary N) is 1. The summed E-state index contributed by atoms with van der Waals surface area (Å²) in [6.07, 6.45) is 8.54. The summed E-state index contributed by atoms with van der Waals surface area (Å²) < 4.78 is 19.7. The van der Waals surface area contributed by atoms with Gasteiger partial charge >= 0.3 is 5.97 Å². The monoisotopic (exact) mass is 627 g/mol. The first-order chi connectivity index (χ1) is 21.7. The molecule has 1 aromatic rings. The van der Waals surface area contributed by atoms with E-state index in [-0.39, 0.29) is 37.9 Å². The molecule has 45 heavy (non-hydrogen) atoms. The molecule has 3 heterocycles. The standard InChI is InChI=1S/C34H49N3O8/c1-5-7-9-17-33(18-10-8-6-2)43-27-25-21-34(32(41)35-19-20-38)29(31(40)42-25)37(45-30(34)28(27)44-33)22-24-13-11-23(12-14-24)15-16-26(39)36(3)4/h11-16,25,27-30,38H,5-10,17-22H2,1-4H3,(H,35,41)/t25-,27+,28+,29+,30-,34+/m1/s1. The number of rotatable bonds is 15. The first-order valence-electron chi connectivity index (χ1n) is 16.5. The summed E-state index contributed by atoms with van der Waals surface area (Å²) in [5.41, 5.74) is 0.448. The van der Waals surface area contributed by atoms with Crippen LogP contribution in [0.25, 0.3) is 6.08 Å². The number of hydrogen-bond donors (Lipinski definition) is 2. The molecule has 0 aromatic heterocycles. The number of amides is 2. The van der Waals surface area contributed by atoms with Crippen LogP contribution in [0.1, 0.15) is 82.8 Å². The third-order valence-corrected chi connectivity index (χ3v) is 9.57. The predicted octanol–water partition coefficient (Wildman–Crippen LogP) is 3.34. The average molecular weight is 628 g/mol. The Morgan fingerprint density at radius 2 is 1.71 bits per heavy atom. The number of carbonyl (C=O) groups excluding carboxylic acids is 3. The Hall–Kier alpha value is -2.83. The summed E-state index contributed by atoms with van der Waals surface area (Å²) in [6, 6.07) is 6.61. The van der Waals surface area contributed by atoms with Gasteiger partial charge in [0, 0.05) is 46.0 Å². The van der Waals surface area contributed by atoms with Crippen molar-refractivity contribution in [3.05, 3.63) is 41.5 Å². The molecule has 0 spiro atoms. The summed E-state index contributed by atoms with van der Waals surface area (Å²) in [6.45, 7) is 4.39. The number of likely N-dealkylation sites (N-methyl/N-ethyl adjacent to an activating group) is 1. The summed E-state index contributed by atoms with van der Waals surface area (Å²) >= 11 is 0. The minimum Gasteiger partial charge on any atom is -0.458 e. The molecule has 2 N–H and O–H groups in total. The first kappa shape index (κ1) is 33.5. The third kappa shape index (κ3) is 6.69. The zero-order chi connectivity index (χ0) is 32.2. The van der Waals surface area contributed by atoms with E-state index in [9.17, 15) is 19.5 Å². The normalized spacial score (nSPS) is 29.9. The predicted molar refractivity (Wildman–Crippen MR) is 166 cm³/mol. The van der Waals surface area contributed by atoms with Crippen LogP contribution in [-0.4, -0.2) is 96.3 Å². The number of fused-ring (bicyclic) bond motifs is 4. The minimum atomic E-state index is -1.27. The van der Waals surface area contributed by atoms with E-state index in [0.717, 1.165) is 62.5 Å². The molecule has 1 aliphatic carbocycles. The Morgan fingerprint density at radius 1 is 1.04 bits per heavy atom. The molecule has 11 heteroatoms. The van der Waals surface area contributed by atoms with Crippen molar-refractivity contribution in [2.45, 2.75) is 114 Å². The van der Waals surface area contributed by atoms with Gasteiger partial charge in [0.1, 0.15) is 29.8 Å². The quantitative estimate of drug-likeness (QED) is 0.171. The van der Waals surface area contributed by atoms with E-state index < -0.39 is 47.6 Å². The highest BCUT2D eigenvalue weighted by atomic mass is 16.8. The fraction of sp³-hybridized carbons (Fsp3) is 0.676. The third-order valence-electron chi connectivity index (χ3n) is 9.57. The van der Waals surface area contributed by atoms with Gasteiger partial charge in [-0.1, -0.05) is 63.8 Å². The fourth-order valence-electron chi connectivity index (χ4n) is 7.26. The van der Waals surface area contributed by atoms with E-state index in [1.165, 1.54) is 11.0 Å². The Labute approximate surface area is 266 Å². The number of aliphatic hydroxyl groups is 1. The summed E-state index contributed by atoms with van der Waals surface area (Å²) in [7, 11) is 3.39. The molecular formula is C34H49N3O8. The van der Waals surface area contributed by atoms with Crippen molar-refractivity contribution in [2.75, 3.05) is 27.2 Å². The van der Waals surface area contributed by atoms with E-state index in [4.69, 9.17) is 19.0 Å². The lowest BCUT2D eigenvalue weighted by atomic mass is 9.62. The SMILES string of the molecule is CCCCCC1(CCCCC)O[C@@H]2[C@H](O1)[C@H]1ON(Cc3ccc(C=CC(=O)N(C)C)cc3)[C@H]3C(=O)O[C@@H]2C[C@@]13C(=O)NCCO. The second-order valence-electron chi connectivity index (χ2n) is 13.0. The molecule has 4 fully saturated rings. The Kier molecular flexibility index (Phi) is 10.7. The number of hydrogen-bond acceptors (Lipinski definition) is 9. The molecule has 4 aliphatic rings. The smallest absolute Gasteiger partial charge is 0.327 e. The van der Waals surface area contributed by atoms with Gasteiger partial charge in [0.15, 0.2) is 11.8 Å². The average Bonchev–Trinajstić information content (AvgIpc) is 3.58. The van der Waals surface area contributed by atoms with Crippen molar-refractivity contribution in [1.82, 2.24) is 15.3 Å². The van der Waals surface area contributed by atoms with Crippen molar-refractivity contribution in [1.29, 1.82) is 0 Å². The molecule has 248 valence electrons. The van der Waals surface area contributed by atoms with Crippen LogP contribution in [0.2, 0.25) is 0 Å². The van der Waals surface area contributed by atoms with Crippen molar-refractivity contribution >= 4 is 23.9 Å². The number of unbranched alkanes of at least 4 members (excludes halogenated alkanes) is 4. The molecule has 2 bridgehead atoms. The lowest BCUT2D eigenvalue weighted by molar-refractivity contribution is -0.224. The van der Waals surface area contributed by atoms with Crippen LogP contribution in [0.15, 0.2) is 30.3 Å². The van der Waals surface area contributed by atoms with Crippen LogP contribution in [0.4, 0.5) is 0 Å². The van der Waals surface area contributed by atoms with E-state index in [0.29, 0.717) is 0 Å². The van der Waals surface area contributed by atoms with Crippen LogP contribution in [0.5, 0.6) is 0 Å². The minimum absolute atomic E-state index is 0.0640. The topological polar surface area (TPSA) is 127 Å². The molecule has 3 aliphatic heterocycles. The second-order valence-corrected chi connectivity index (χ2v) is 13.0. The fourth-order valence-corrected chi connectivity index (χ4v) is 7.26. The first-order valence-corrected chi connectivity index (χ1v) is 16.5. The van der Waals surface area contributed by atoms with E-state index in [1.54, 1.807) is 25.2 Å². The van der Waals surface area contributed by atoms with Gasteiger partial charge in [-0.05, 0) is 30.0 Å². The van der Waals surface area contributed by atoms with Gasteiger partial charge in [0.25, 0.3) is 0 Å². The largest absolute Gasteiger partial charge is 0.458 e. The van der Waals surface area contributed by atoms with Crippen LogP contribution >= 0.6 is 0 Å². The molecule has 0 unspecified atom stereocenters. The molecular weight excluding hydrogens is 578 g/mol. The summed E-state index contributed by atoms with van der Waals surface area (Å²) in [5.74, 6) is -1.80. The van der Waals surface area contributed by atoms with Crippen molar-refractivity contribution < 1.29 is 38.5 Å².